The molecule has 0 fully saturated rings. The van der Waals surface area contributed by atoms with Crippen LogP contribution in [0.15, 0.2) is 30.8 Å². The summed E-state index contributed by atoms with van der Waals surface area (Å²) in [4.78, 5) is 13.9. The summed E-state index contributed by atoms with van der Waals surface area (Å²) in [5.41, 5.74) is 3.96. The summed E-state index contributed by atoms with van der Waals surface area (Å²) < 4.78 is 5.82. The largest absolute Gasteiger partial charge is 0.493 e. The number of rotatable bonds is 3. The zero-order chi connectivity index (χ0) is 15.0. The molecule has 0 aliphatic carbocycles. The van der Waals surface area contributed by atoms with Crippen molar-refractivity contribution >= 4 is 22.8 Å². The van der Waals surface area contributed by atoms with Crippen LogP contribution in [-0.2, 0) is 6.42 Å². The number of ketones is 1. The van der Waals surface area contributed by atoms with Gasteiger partial charge in [0, 0.05) is 35.2 Å². The number of ether oxygens (including phenoxy) is 1. The average Bonchev–Trinajstić information content (AvgIpc) is 2.83. The highest BCUT2D eigenvalue weighted by molar-refractivity contribution is 7.16. The molecule has 3 nitrogen and oxygen atoms in total. The molecule has 0 saturated heterocycles. The van der Waals surface area contributed by atoms with Crippen molar-refractivity contribution in [1.82, 2.24) is 5.32 Å². The number of Topliss-reactive ketones (excluding diaryl/α,β-unsaturated/α-hetero) is 1. The Labute approximate surface area is 128 Å². The van der Waals surface area contributed by atoms with E-state index in [1.807, 2.05) is 25.2 Å². The van der Waals surface area contributed by atoms with Crippen LogP contribution in [0.5, 0.6) is 5.75 Å². The Morgan fingerprint density at radius 3 is 2.90 bits per heavy atom. The molecule has 2 aromatic rings. The molecule has 3 rings (SSSR count). The van der Waals surface area contributed by atoms with E-state index in [9.17, 15) is 4.79 Å². The first-order valence-corrected chi connectivity index (χ1v) is 7.69. The minimum Gasteiger partial charge on any atom is -0.493 e. The highest BCUT2D eigenvalue weighted by Crippen LogP contribution is 2.42. The number of fused-ring (bicyclic) bond motifs is 3. The fourth-order valence-electron chi connectivity index (χ4n) is 2.43. The first-order chi connectivity index (χ1) is 10.1. The van der Waals surface area contributed by atoms with Crippen LogP contribution >= 0.6 is 11.3 Å². The maximum absolute atomic E-state index is 11.5. The van der Waals surface area contributed by atoms with Crippen molar-refractivity contribution in [3.63, 3.8) is 0 Å². The smallest absolute Gasteiger partial charge is 0.159 e. The summed E-state index contributed by atoms with van der Waals surface area (Å²) in [7, 11) is 1.88. The van der Waals surface area contributed by atoms with Gasteiger partial charge in [0.25, 0.3) is 0 Å². The first-order valence-electron chi connectivity index (χ1n) is 6.88. The Hall–Kier alpha value is -2.07. The SMILES string of the molecule is C=C(NC)c1cc2c(s1)-c1ccc(C(C)=O)cc1OCC2. The minimum absolute atomic E-state index is 0.0568. The lowest BCUT2D eigenvalue weighted by atomic mass is 10.0. The lowest BCUT2D eigenvalue weighted by molar-refractivity contribution is 0.101. The maximum atomic E-state index is 11.5. The Bertz CT molecular complexity index is 730. The van der Waals surface area contributed by atoms with Crippen LogP contribution in [0.3, 0.4) is 0 Å². The van der Waals surface area contributed by atoms with Gasteiger partial charge in [-0.3, -0.25) is 4.79 Å². The molecule has 1 aliphatic rings. The van der Waals surface area contributed by atoms with Crippen LogP contribution < -0.4 is 10.1 Å². The number of hydrogen-bond donors (Lipinski definition) is 1. The lowest BCUT2D eigenvalue weighted by Gasteiger charge is -2.08. The fourth-order valence-corrected chi connectivity index (χ4v) is 3.65. The third-order valence-electron chi connectivity index (χ3n) is 3.67. The monoisotopic (exact) mass is 299 g/mol. The van der Waals surface area contributed by atoms with Gasteiger partial charge >= 0.3 is 0 Å². The Morgan fingerprint density at radius 2 is 2.19 bits per heavy atom. The molecule has 0 radical (unpaired) electrons. The van der Waals surface area contributed by atoms with Crippen LogP contribution in [0.4, 0.5) is 0 Å². The second kappa shape index (κ2) is 5.37. The molecule has 0 saturated carbocycles. The van der Waals surface area contributed by atoms with Crippen molar-refractivity contribution in [2.24, 2.45) is 0 Å². The minimum atomic E-state index is 0.0568. The normalized spacial score (nSPS) is 12.7. The number of benzene rings is 1. The molecular weight excluding hydrogens is 282 g/mol. The predicted octanol–water partition coefficient (Wildman–Crippen LogP) is 3.74. The zero-order valence-electron chi connectivity index (χ0n) is 12.2. The molecule has 0 unspecified atom stereocenters. The van der Waals surface area contributed by atoms with Crippen molar-refractivity contribution < 1.29 is 9.53 Å². The molecule has 108 valence electrons. The second-order valence-corrected chi connectivity index (χ2v) is 6.11. The van der Waals surface area contributed by atoms with Crippen molar-refractivity contribution in [1.29, 1.82) is 0 Å². The fraction of sp³-hybridized carbons (Fsp3) is 0.235. The van der Waals surface area contributed by atoms with Gasteiger partial charge in [-0.15, -0.1) is 11.3 Å². The third-order valence-corrected chi connectivity index (χ3v) is 4.94. The summed E-state index contributed by atoms with van der Waals surface area (Å²) in [6.07, 6.45) is 0.868. The second-order valence-electron chi connectivity index (χ2n) is 5.06. The van der Waals surface area contributed by atoms with Gasteiger partial charge < -0.3 is 10.1 Å². The molecule has 1 aromatic heterocycles. The van der Waals surface area contributed by atoms with E-state index in [-0.39, 0.29) is 5.78 Å². The molecule has 1 aromatic carbocycles. The van der Waals surface area contributed by atoms with Crippen molar-refractivity contribution in [3.8, 4) is 16.2 Å². The van der Waals surface area contributed by atoms with Crippen molar-refractivity contribution in [2.75, 3.05) is 13.7 Å². The number of thiophene rings is 1. The van der Waals surface area contributed by atoms with Crippen molar-refractivity contribution in [3.05, 3.63) is 46.8 Å². The topological polar surface area (TPSA) is 38.3 Å². The van der Waals surface area contributed by atoms with Gasteiger partial charge in [-0.2, -0.15) is 0 Å². The van der Waals surface area contributed by atoms with E-state index in [1.54, 1.807) is 18.3 Å². The molecule has 4 heteroatoms. The zero-order valence-corrected chi connectivity index (χ0v) is 13.0. The highest BCUT2D eigenvalue weighted by atomic mass is 32.1. The Kier molecular flexibility index (Phi) is 3.55. The standard InChI is InChI=1S/C17H17NO2S/c1-10(18-3)16-9-13-6-7-20-15-8-12(11(2)19)4-5-14(15)17(13)21-16/h4-5,8-9,18H,1,6-7H2,2-3H3. The van der Waals surface area contributed by atoms with Crippen LogP contribution in [0.1, 0.15) is 27.7 Å². The summed E-state index contributed by atoms with van der Waals surface area (Å²) >= 11 is 1.71. The summed E-state index contributed by atoms with van der Waals surface area (Å²) in [5, 5.41) is 3.09. The van der Waals surface area contributed by atoms with Crippen molar-refractivity contribution in [2.45, 2.75) is 13.3 Å². The van der Waals surface area contributed by atoms with E-state index in [0.29, 0.717) is 12.2 Å². The van der Waals surface area contributed by atoms with E-state index in [0.717, 1.165) is 28.3 Å². The van der Waals surface area contributed by atoms with Gasteiger partial charge in [0.2, 0.25) is 0 Å². The Morgan fingerprint density at radius 1 is 1.38 bits per heavy atom. The molecule has 0 bridgehead atoms. The summed E-state index contributed by atoms with van der Waals surface area (Å²) in [6, 6.07) is 7.87. The van der Waals surface area contributed by atoms with Gasteiger partial charge in [-0.25, -0.2) is 0 Å². The van der Waals surface area contributed by atoms with Gasteiger partial charge in [0.05, 0.1) is 11.5 Å². The van der Waals surface area contributed by atoms with Gasteiger partial charge in [0.15, 0.2) is 5.78 Å². The molecule has 2 heterocycles. The Balaban J connectivity index is 2.12. The first kappa shape index (κ1) is 13.9. The van der Waals surface area contributed by atoms with Gasteiger partial charge in [-0.05, 0) is 30.7 Å². The summed E-state index contributed by atoms with van der Waals surface area (Å²) in [5.74, 6) is 0.853. The number of hydrogen-bond acceptors (Lipinski definition) is 4. The molecule has 0 atom stereocenters. The average molecular weight is 299 g/mol. The van der Waals surface area contributed by atoms with Gasteiger partial charge in [-0.1, -0.05) is 12.6 Å². The van der Waals surface area contributed by atoms with E-state index >= 15 is 0 Å². The van der Waals surface area contributed by atoms with E-state index in [1.165, 1.54) is 10.4 Å². The lowest BCUT2D eigenvalue weighted by Crippen LogP contribution is -2.01. The molecule has 0 amide bonds. The van der Waals surface area contributed by atoms with E-state index < -0.39 is 0 Å². The molecule has 1 N–H and O–H groups in total. The van der Waals surface area contributed by atoms with Gasteiger partial charge in [0.1, 0.15) is 5.75 Å². The predicted molar refractivity (Wildman–Crippen MR) is 87.1 cm³/mol. The van der Waals surface area contributed by atoms with E-state index in [4.69, 9.17) is 4.74 Å². The molecule has 0 spiro atoms. The maximum Gasteiger partial charge on any atom is 0.159 e. The molecule has 1 aliphatic heterocycles. The number of carbonyl (C=O) groups is 1. The highest BCUT2D eigenvalue weighted by Gasteiger charge is 2.20. The quantitative estimate of drug-likeness (QED) is 0.877. The number of carbonyl (C=O) groups excluding carboxylic acids is 1. The molecule has 21 heavy (non-hydrogen) atoms. The van der Waals surface area contributed by atoms with Crippen LogP contribution in [0.2, 0.25) is 0 Å². The third kappa shape index (κ3) is 2.47. The van der Waals surface area contributed by atoms with Crippen LogP contribution in [-0.4, -0.2) is 19.4 Å². The molecular formula is C17H17NO2S. The van der Waals surface area contributed by atoms with Crippen LogP contribution in [0.25, 0.3) is 16.1 Å². The summed E-state index contributed by atoms with van der Waals surface area (Å²) in [6.45, 7) is 6.23. The van der Waals surface area contributed by atoms with E-state index in [2.05, 4.69) is 18.0 Å². The number of nitrogens with one attached hydrogen (secondary N) is 1. The van der Waals surface area contributed by atoms with Crippen LogP contribution in [0, 0.1) is 0 Å².